The summed E-state index contributed by atoms with van der Waals surface area (Å²) in [6.45, 7) is 0. The predicted molar refractivity (Wildman–Crippen MR) is 68.0 cm³/mol. The second-order valence-corrected chi connectivity index (χ2v) is 4.37. The Morgan fingerprint density at radius 3 is 1.91 bits per heavy atom. The van der Waals surface area contributed by atoms with Crippen LogP contribution in [0.4, 0.5) is 32.0 Å². The zero-order valence-electron chi connectivity index (χ0n) is 10.8. The third-order valence-electron chi connectivity index (χ3n) is 2.78. The molecule has 0 fully saturated rings. The molecule has 2 nitrogen and oxygen atoms in total. The maximum absolute atomic E-state index is 12.5. The fourth-order valence-electron chi connectivity index (χ4n) is 1.82. The number of alkyl halides is 6. The molecule has 0 atom stereocenters. The molecule has 8 heteroatoms. The van der Waals surface area contributed by atoms with E-state index in [2.05, 4.69) is 4.74 Å². The largest absolute Gasteiger partial charge is 0.573 e. The summed E-state index contributed by atoms with van der Waals surface area (Å²) in [5, 5.41) is 0. The van der Waals surface area contributed by atoms with Gasteiger partial charge in [0.05, 0.1) is 5.56 Å². The summed E-state index contributed by atoms with van der Waals surface area (Å²) in [6.07, 6.45) is -9.36. The Kier molecular flexibility index (Phi) is 3.95. The number of nitrogen functional groups attached to an aromatic ring is 1. The Bertz CT molecular complexity index is 661. The van der Waals surface area contributed by atoms with Gasteiger partial charge in [0.1, 0.15) is 5.75 Å². The second-order valence-electron chi connectivity index (χ2n) is 4.37. The number of rotatable bonds is 2. The highest BCUT2D eigenvalue weighted by molar-refractivity contribution is 5.77. The summed E-state index contributed by atoms with van der Waals surface area (Å²) in [6, 6.07) is 7.14. The summed E-state index contributed by atoms with van der Waals surface area (Å²) in [5.41, 5.74) is 5.30. The van der Waals surface area contributed by atoms with Crippen molar-refractivity contribution in [2.24, 2.45) is 0 Å². The van der Waals surface area contributed by atoms with Crippen LogP contribution in [0.5, 0.6) is 5.75 Å². The fraction of sp³-hybridized carbons (Fsp3) is 0.143. The molecule has 0 radical (unpaired) electrons. The summed E-state index contributed by atoms with van der Waals surface area (Å²) in [5.74, 6) is -0.503. The van der Waals surface area contributed by atoms with Crippen LogP contribution in [0.3, 0.4) is 0 Å². The normalized spacial score (nSPS) is 12.3. The smallest absolute Gasteiger partial charge is 0.406 e. The molecule has 0 aromatic heterocycles. The van der Waals surface area contributed by atoms with Crippen LogP contribution in [0.25, 0.3) is 11.1 Å². The summed E-state index contributed by atoms with van der Waals surface area (Å²) in [4.78, 5) is 0. The van der Waals surface area contributed by atoms with Gasteiger partial charge >= 0.3 is 12.5 Å². The summed E-state index contributed by atoms with van der Waals surface area (Å²) in [7, 11) is 0. The van der Waals surface area contributed by atoms with Gasteiger partial charge in [0.2, 0.25) is 0 Å². The molecule has 0 aliphatic carbocycles. The van der Waals surface area contributed by atoms with Crippen molar-refractivity contribution in [1.29, 1.82) is 0 Å². The molecule has 2 N–H and O–H groups in total. The first-order chi connectivity index (χ1) is 10.1. The number of ether oxygens (including phenoxy) is 1. The Hall–Kier alpha value is -2.38. The van der Waals surface area contributed by atoms with Gasteiger partial charge in [0, 0.05) is 11.3 Å². The zero-order valence-corrected chi connectivity index (χ0v) is 10.8. The van der Waals surface area contributed by atoms with Crippen LogP contribution in [0.2, 0.25) is 0 Å². The minimum absolute atomic E-state index is 0.120. The van der Waals surface area contributed by atoms with Gasteiger partial charge in [-0.15, -0.1) is 13.2 Å². The van der Waals surface area contributed by atoms with Crippen LogP contribution < -0.4 is 10.5 Å². The van der Waals surface area contributed by atoms with Gasteiger partial charge in [-0.25, -0.2) is 0 Å². The molecule has 0 aliphatic rings. The van der Waals surface area contributed by atoms with Gasteiger partial charge in [-0.3, -0.25) is 0 Å². The molecule has 0 heterocycles. The maximum Gasteiger partial charge on any atom is 0.573 e. The van der Waals surface area contributed by atoms with Gasteiger partial charge in [0.15, 0.2) is 0 Å². The Labute approximate surface area is 121 Å². The monoisotopic (exact) mass is 321 g/mol. The number of benzene rings is 2. The van der Waals surface area contributed by atoms with Gasteiger partial charge in [-0.2, -0.15) is 13.2 Å². The Morgan fingerprint density at radius 1 is 0.818 bits per heavy atom. The lowest BCUT2D eigenvalue weighted by Crippen LogP contribution is -2.17. The highest BCUT2D eigenvalue weighted by Crippen LogP contribution is 2.35. The van der Waals surface area contributed by atoms with Crippen LogP contribution in [-0.2, 0) is 6.18 Å². The average Bonchev–Trinajstić information content (AvgIpc) is 2.38. The van der Waals surface area contributed by atoms with Crippen molar-refractivity contribution in [3.8, 4) is 16.9 Å². The lowest BCUT2D eigenvalue weighted by molar-refractivity contribution is -0.274. The minimum atomic E-state index is -4.87. The molecule has 118 valence electrons. The molecule has 0 unspecified atom stereocenters. The molecule has 0 saturated heterocycles. The van der Waals surface area contributed by atoms with E-state index in [1.807, 2.05) is 0 Å². The van der Waals surface area contributed by atoms with Crippen molar-refractivity contribution in [2.75, 3.05) is 5.73 Å². The molecule has 0 bridgehead atoms. The highest BCUT2D eigenvalue weighted by atomic mass is 19.4. The lowest BCUT2D eigenvalue weighted by Gasteiger charge is -2.13. The molecular formula is C14H9F6NO. The van der Waals surface area contributed by atoms with Gasteiger partial charge in [-0.05, 0) is 35.9 Å². The number of anilines is 1. The Balaban J connectivity index is 2.37. The topological polar surface area (TPSA) is 35.2 Å². The van der Waals surface area contributed by atoms with Crippen LogP contribution in [0, 0.1) is 0 Å². The van der Waals surface area contributed by atoms with E-state index >= 15 is 0 Å². The molecule has 0 aliphatic heterocycles. The van der Waals surface area contributed by atoms with Crippen LogP contribution in [-0.4, -0.2) is 6.36 Å². The maximum atomic E-state index is 12.5. The SMILES string of the molecule is Nc1ccc(OC(F)(F)F)cc1-c1ccc(C(F)(F)F)cc1. The van der Waals surface area contributed by atoms with Crippen molar-refractivity contribution in [2.45, 2.75) is 12.5 Å². The fourth-order valence-corrected chi connectivity index (χ4v) is 1.82. The van der Waals surface area contributed by atoms with Crippen LogP contribution in [0.1, 0.15) is 5.56 Å². The van der Waals surface area contributed by atoms with Crippen molar-refractivity contribution < 1.29 is 31.1 Å². The third kappa shape index (κ3) is 3.84. The molecule has 0 amide bonds. The van der Waals surface area contributed by atoms with Crippen molar-refractivity contribution in [3.05, 3.63) is 48.0 Å². The molecule has 22 heavy (non-hydrogen) atoms. The van der Waals surface area contributed by atoms with E-state index in [0.29, 0.717) is 0 Å². The molecule has 0 spiro atoms. The molecule has 2 aromatic carbocycles. The van der Waals surface area contributed by atoms with Gasteiger partial charge in [-0.1, -0.05) is 12.1 Å². The van der Waals surface area contributed by atoms with E-state index in [-0.39, 0.29) is 16.8 Å². The third-order valence-corrected chi connectivity index (χ3v) is 2.78. The molecule has 0 saturated carbocycles. The van der Waals surface area contributed by atoms with Gasteiger partial charge in [0.25, 0.3) is 0 Å². The van der Waals surface area contributed by atoms with Crippen molar-refractivity contribution >= 4 is 5.69 Å². The van der Waals surface area contributed by atoms with Crippen molar-refractivity contribution in [3.63, 3.8) is 0 Å². The van der Waals surface area contributed by atoms with Crippen molar-refractivity contribution in [1.82, 2.24) is 0 Å². The van der Waals surface area contributed by atoms with Gasteiger partial charge < -0.3 is 10.5 Å². The van der Waals surface area contributed by atoms with Crippen LogP contribution in [0.15, 0.2) is 42.5 Å². The first-order valence-electron chi connectivity index (χ1n) is 5.89. The van der Waals surface area contributed by atoms with E-state index in [4.69, 9.17) is 5.73 Å². The quantitative estimate of drug-likeness (QED) is 0.634. The van der Waals surface area contributed by atoms with E-state index in [0.717, 1.165) is 36.4 Å². The molecular weight excluding hydrogens is 312 g/mol. The number of hydrogen-bond acceptors (Lipinski definition) is 2. The first-order valence-corrected chi connectivity index (χ1v) is 5.89. The van der Waals surface area contributed by atoms with E-state index < -0.39 is 23.9 Å². The Morgan fingerprint density at radius 2 is 1.41 bits per heavy atom. The first kappa shape index (κ1) is 16.0. The average molecular weight is 321 g/mol. The van der Waals surface area contributed by atoms with Crippen LogP contribution >= 0.6 is 0 Å². The second kappa shape index (κ2) is 5.43. The molecule has 2 rings (SSSR count). The van der Waals surface area contributed by atoms with E-state index in [1.54, 1.807) is 0 Å². The zero-order chi connectivity index (χ0) is 16.5. The molecule has 2 aromatic rings. The lowest BCUT2D eigenvalue weighted by atomic mass is 10.0. The summed E-state index contributed by atoms with van der Waals surface area (Å²) >= 11 is 0. The summed E-state index contributed by atoms with van der Waals surface area (Å²) < 4.78 is 77.8. The highest BCUT2D eigenvalue weighted by Gasteiger charge is 2.32. The minimum Gasteiger partial charge on any atom is -0.406 e. The van der Waals surface area contributed by atoms with E-state index in [9.17, 15) is 26.3 Å². The number of halogens is 6. The van der Waals surface area contributed by atoms with E-state index in [1.165, 1.54) is 6.07 Å². The number of nitrogens with two attached hydrogens (primary N) is 1. The number of hydrogen-bond donors (Lipinski definition) is 1. The predicted octanol–water partition coefficient (Wildman–Crippen LogP) is 4.85. The standard InChI is InChI=1S/C14H9F6NO/c15-13(16,17)9-3-1-8(2-4-9)11-7-10(5-6-12(11)21)22-14(18,19)20/h1-7H,21H2.